The molecule has 152 valence electrons. The van der Waals surface area contributed by atoms with Crippen LogP contribution in [0.15, 0.2) is 78.9 Å². The molecule has 0 unspecified atom stereocenters. The summed E-state index contributed by atoms with van der Waals surface area (Å²) in [5, 5.41) is 3.87. The summed E-state index contributed by atoms with van der Waals surface area (Å²) in [4.78, 5) is 15.0. The average Bonchev–Trinajstić information content (AvgIpc) is 2.72. The predicted molar refractivity (Wildman–Crippen MR) is 124 cm³/mol. The molecule has 3 aromatic carbocycles. The Morgan fingerprint density at radius 2 is 1.48 bits per heavy atom. The summed E-state index contributed by atoms with van der Waals surface area (Å²) < 4.78 is 0. The number of amides is 1. The lowest BCUT2D eigenvalue weighted by molar-refractivity contribution is 0.0932. The van der Waals surface area contributed by atoms with Gasteiger partial charge in [-0.2, -0.15) is 0 Å². The first-order chi connectivity index (χ1) is 13.5. The molecule has 0 heterocycles. The second kappa shape index (κ2) is 11.0. The molecule has 0 radical (unpaired) electrons. The highest BCUT2D eigenvalue weighted by Gasteiger charge is 2.16. The van der Waals surface area contributed by atoms with Gasteiger partial charge in [0.25, 0.3) is 5.91 Å². The molecule has 0 saturated carbocycles. The summed E-state index contributed by atoms with van der Waals surface area (Å²) in [6, 6.07) is 25.5. The van der Waals surface area contributed by atoms with Crippen LogP contribution in [0.4, 0.5) is 0 Å². The zero-order valence-electron chi connectivity index (χ0n) is 16.6. The first-order valence-electron chi connectivity index (χ1n) is 9.39. The maximum Gasteiger partial charge on any atom is 0.251 e. The van der Waals surface area contributed by atoms with Crippen molar-refractivity contribution in [1.29, 1.82) is 0 Å². The van der Waals surface area contributed by atoms with Gasteiger partial charge in [0.1, 0.15) is 0 Å². The molecule has 0 aromatic heterocycles. The van der Waals surface area contributed by atoms with E-state index in [1.165, 1.54) is 0 Å². The molecule has 1 N–H and O–H groups in total. The van der Waals surface area contributed by atoms with E-state index < -0.39 is 0 Å². The number of rotatable bonds is 7. The van der Waals surface area contributed by atoms with Crippen LogP contribution in [0.5, 0.6) is 0 Å². The largest absolute Gasteiger partial charge is 0.345 e. The van der Waals surface area contributed by atoms with Crippen LogP contribution in [0.3, 0.4) is 0 Å². The van der Waals surface area contributed by atoms with Crippen LogP contribution in [0.1, 0.15) is 28.4 Å². The number of carbonyl (C=O) groups excluding carboxylic acids is 1. The van der Waals surface area contributed by atoms with Crippen molar-refractivity contribution in [2.75, 3.05) is 20.6 Å². The topological polar surface area (TPSA) is 32.3 Å². The van der Waals surface area contributed by atoms with Crippen molar-refractivity contribution >= 4 is 29.9 Å². The quantitative estimate of drug-likeness (QED) is 0.511. The fourth-order valence-electron chi connectivity index (χ4n) is 3.09. The van der Waals surface area contributed by atoms with Gasteiger partial charge in [-0.05, 0) is 68.0 Å². The average molecular weight is 429 g/mol. The van der Waals surface area contributed by atoms with E-state index in [2.05, 4.69) is 22.3 Å². The monoisotopic (exact) mass is 428 g/mol. The Morgan fingerprint density at radius 1 is 0.897 bits per heavy atom. The van der Waals surface area contributed by atoms with Crippen LogP contribution in [0, 0.1) is 0 Å². The maximum atomic E-state index is 12.8. The first kappa shape index (κ1) is 23.0. The molecule has 3 aromatic rings. The Hall–Kier alpha value is -2.33. The molecule has 0 fully saturated rings. The van der Waals surface area contributed by atoms with Crippen molar-refractivity contribution in [1.82, 2.24) is 10.2 Å². The summed E-state index contributed by atoms with van der Waals surface area (Å²) in [6.45, 7) is 0.876. The smallest absolute Gasteiger partial charge is 0.251 e. The lowest BCUT2D eigenvalue weighted by Gasteiger charge is -2.21. The molecule has 29 heavy (non-hydrogen) atoms. The SMILES string of the molecule is CN(C)CC[C@@H](NC(=O)c1ccc(-c2ccccc2)cc1)c1ccc(Cl)cc1.Cl. The Kier molecular flexibility index (Phi) is 8.71. The van der Waals surface area contributed by atoms with Gasteiger partial charge in [-0.3, -0.25) is 4.79 Å². The summed E-state index contributed by atoms with van der Waals surface area (Å²) in [5.41, 5.74) is 3.95. The standard InChI is InChI=1S/C24H25ClN2O.ClH/c1-27(2)17-16-23(20-12-14-22(25)15-13-20)26-24(28)21-10-8-19(9-11-21)18-6-4-3-5-7-18;/h3-15,23H,16-17H2,1-2H3,(H,26,28);1H/t23-;/m1./s1. The van der Waals surface area contributed by atoms with Crippen LogP contribution < -0.4 is 5.32 Å². The van der Waals surface area contributed by atoms with E-state index in [0.717, 1.165) is 29.7 Å². The van der Waals surface area contributed by atoms with Gasteiger partial charge in [0, 0.05) is 10.6 Å². The van der Waals surface area contributed by atoms with Gasteiger partial charge in [-0.25, -0.2) is 0 Å². The minimum absolute atomic E-state index is 0. The molecular weight excluding hydrogens is 403 g/mol. The van der Waals surface area contributed by atoms with E-state index in [0.29, 0.717) is 10.6 Å². The lowest BCUT2D eigenvalue weighted by atomic mass is 10.0. The molecule has 0 saturated heterocycles. The molecule has 1 atom stereocenters. The Balaban J connectivity index is 0.00000300. The Morgan fingerprint density at radius 3 is 2.07 bits per heavy atom. The third-order valence-corrected chi connectivity index (χ3v) is 4.95. The second-order valence-electron chi connectivity index (χ2n) is 7.11. The number of nitrogens with zero attached hydrogens (tertiary/aromatic N) is 1. The summed E-state index contributed by atoms with van der Waals surface area (Å²) in [6.07, 6.45) is 0.822. The summed E-state index contributed by atoms with van der Waals surface area (Å²) in [7, 11) is 4.06. The minimum Gasteiger partial charge on any atom is -0.345 e. The zero-order chi connectivity index (χ0) is 19.9. The predicted octanol–water partition coefficient (Wildman–Crippen LogP) is 5.85. The van der Waals surface area contributed by atoms with E-state index in [9.17, 15) is 4.79 Å². The van der Waals surface area contributed by atoms with Gasteiger partial charge in [0.2, 0.25) is 0 Å². The zero-order valence-corrected chi connectivity index (χ0v) is 18.2. The van der Waals surface area contributed by atoms with Crippen molar-refractivity contribution in [2.45, 2.75) is 12.5 Å². The second-order valence-corrected chi connectivity index (χ2v) is 7.55. The maximum absolute atomic E-state index is 12.8. The van der Waals surface area contributed by atoms with Crippen molar-refractivity contribution in [3.8, 4) is 11.1 Å². The molecule has 0 spiro atoms. The third-order valence-electron chi connectivity index (χ3n) is 4.70. The van der Waals surface area contributed by atoms with Crippen LogP contribution >= 0.6 is 24.0 Å². The summed E-state index contributed by atoms with van der Waals surface area (Å²) >= 11 is 6.02. The van der Waals surface area contributed by atoms with Gasteiger partial charge < -0.3 is 10.2 Å². The van der Waals surface area contributed by atoms with Gasteiger partial charge in [0.05, 0.1) is 6.04 Å². The van der Waals surface area contributed by atoms with Gasteiger partial charge in [-0.15, -0.1) is 12.4 Å². The molecule has 3 nitrogen and oxygen atoms in total. The number of hydrogen-bond donors (Lipinski definition) is 1. The van der Waals surface area contributed by atoms with Gasteiger partial charge in [0.15, 0.2) is 0 Å². The molecule has 0 aliphatic heterocycles. The normalized spacial score (nSPS) is 11.6. The number of benzene rings is 3. The number of nitrogens with one attached hydrogen (secondary N) is 1. The number of hydrogen-bond acceptors (Lipinski definition) is 2. The highest BCUT2D eigenvalue weighted by molar-refractivity contribution is 6.30. The van der Waals surface area contributed by atoms with Crippen LogP contribution in [-0.4, -0.2) is 31.4 Å². The van der Waals surface area contributed by atoms with Crippen molar-refractivity contribution in [2.24, 2.45) is 0 Å². The van der Waals surface area contributed by atoms with Crippen LogP contribution in [-0.2, 0) is 0 Å². The third kappa shape index (κ3) is 6.60. The van der Waals surface area contributed by atoms with Crippen molar-refractivity contribution < 1.29 is 4.79 Å². The Labute approximate surface area is 184 Å². The fraction of sp³-hybridized carbons (Fsp3) is 0.208. The molecule has 3 rings (SSSR count). The molecular formula is C24H26Cl2N2O. The molecule has 5 heteroatoms. The molecule has 0 aliphatic rings. The molecule has 0 bridgehead atoms. The highest BCUT2D eigenvalue weighted by atomic mass is 35.5. The fourth-order valence-corrected chi connectivity index (χ4v) is 3.22. The highest BCUT2D eigenvalue weighted by Crippen LogP contribution is 2.22. The van der Waals surface area contributed by atoms with Gasteiger partial charge in [-0.1, -0.05) is 66.2 Å². The number of carbonyl (C=O) groups is 1. The van der Waals surface area contributed by atoms with E-state index in [-0.39, 0.29) is 24.4 Å². The van der Waals surface area contributed by atoms with Crippen molar-refractivity contribution in [3.05, 3.63) is 95.0 Å². The van der Waals surface area contributed by atoms with Crippen molar-refractivity contribution in [3.63, 3.8) is 0 Å². The van der Waals surface area contributed by atoms with Gasteiger partial charge >= 0.3 is 0 Å². The van der Waals surface area contributed by atoms with Crippen LogP contribution in [0.2, 0.25) is 5.02 Å². The van der Waals surface area contributed by atoms with Crippen LogP contribution in [0.25, 0.3) is 11.1 Å². The summed E-state index contributed by atoms with van der Waals surface area (Å²) in [5.74, 6) is -0.0710. The molecule has 0 aliphatic carbocycles. The molecule has 1 amide bonds. The van der Waals surface area contributed by atoms with E-state index in [4.69, 9.17) is 11.6 Å². The Bertz CT molecular complexity index is 894. The van der Waals surface area contributed by atoms with E-state index >= 15 is 0 Å². The first-order valence-corrected chi connectivity index (χ1v) is 9.77. The number of halogens is 2. The lowest BCUT2D eigenvalue weighted by Crippen LogP contribution is -2.31. The van der Waals surface area contributed by atoms with E-state index in [1.807, 2.05) is 80.8 Å². The van der Waals surface area contributed by atoms with E-state index in [1.54, 1.807) is 0 Å². The minimum atomic E-state index is -0.0710.